The SMILES string of the molecule is CCCN1CCC[C@@H]1c1cccnc1N(C(=O)OC(C)(C)C)C1CCCCC1. The van der Waals surface area contributed by atoms with E-state index in [0.717, 1.165) is 57.4 Å². The Kier molecular flexibility index (Phi) is 6.97. The first kappa shape index (κ1) is 21.1. The Morgan fingerprint density at radius 1 is 1.21 bits per heavy atom. The fourth-order valence-corrected chi connectivity index (χ4v) is 4.66. The van der Waals surface area contributed by atoms with Gasteiger partial charge in [0.05, 0.1) is 0 Å². The molecular weight excluding hydrogens is 350 g/mol. The van der Waals surface area contributed by atoms with Gasteiger partial charge in [0, 0.05) is 23.8 Å². The summed E-state index contributed by atoms with van der Waals surface area (Å²) in [5.74, 6) is 0.816. The Morgan fingerprint density at radius 3 is 2.64 bits per heavy atom. The molecule has 1 aromatic rings. The molecule has 0 bridgehead atoms. The van der Waals surface area contributed by atoms with Gasteiger partial charge in [-0.3, -0.25) is 9.80 Å². The van der Waals surface area contributed by atoms with Gasteiger partial charge < -0.3 is 4.74 Å². The third-order valence-electron chi connectivity index (χ3n) is 5.81. The lowest BCUT2D eigenvalue weighted by Gasteiger charge is -2.37. The second-order valence-corrected chi connectivity index (χ2v) is 9.25. The smallest absolute Gasteiger partial charge is 0.416 e. The molecule has 0 unspecified atom stereocenters. The van der Waals surface area contributed by atoms with E-state index in [2.05, 4.69) is 17.9 Å². The minimum atomic E-state index is -0.513. The Morgan fingerprint density at radius 2 is 1.96 bits per heavy atom. The van der Waals surface area contributed by atoms with E-state index >= 15 is 0 Å². The fraction of sp³-hybridized carbons (Fsp3) is 0.739. The summed E-state index contributed by atoms with van der Waals surface area (Å²) in [6.07, 6.45) is 10.7. The van der Waals surface area contributed by atoms with Gasteiger partial charge in [-0.2, -0.15) is 0 Å². The number of ether oxygens (including phenoxy) is 1. The van der Waals surface area contributed by atoms with Crippen LogP contribution in [0, 0.1) is 0 Å². The summed E-state index contributed by atoms with van der Waals surface area (Å²) < 4.78 is 5.83. The van der Waals surface area contributed by atoms with Crippen molar-refractivity contribution in [2.24, 2.45) is 0 Å². The van der Waals surface area contributed by atoms with Gasteiger partial charge in [-0.15, -0.1) is 0 Å². The molecule has 28 heavy (non-hydrogen) atoms. The first-order valence-corrected chi connectivity index (χ1v) is 11.1. The second kappa shape index (κ2) is 9.25. The third-order valence-corrected chi connectivity index (χ3v) is 5.81. The fourth-order valence-electron chi connectivity index (χ4n) is 4.66. The predicted octanol–water partition coefficient (Wildman–Crippen LogP) is 5.70. The van der Waals surface area contributed by atoms with Crippen LogP contribution < -0.4 is 4.90 Å². The molecule has 5 heteroatoms. The summed E-state index contributed by atoms with van der Waals surface area (Å²) in [5, 5.41) is 0. The van der Waals surface area contributed by atoms with Crippen LogP contribution in [0.25, 0.3) is 0 Å². The van der Waals surface area contributed by atoms with E-state index in [0.29, 0.717) is 6.04 Å². The summed E-state index contributed by atoms with van der Waals surface area (Å²) in [6.45, 7) is 10.3. The highest BCUT2D eigenvalue weighted by Crippen LogP contribution is 2.38. The van der Waals surface area contributed by atoms with Crippen LogP contribution in [0.15, 0.2) is 18.3 Å². The molecule has 1 amide bonds. The number of carbonyl (C=O) groups excluding carboxylic acids is 1. The van der Waals surface area contributed by atoms with Gasteiger partial charge in [-0.05, 0) is 72.0 Å². The van der Waals surface area contributed by atoms with E-state index in [4.69, 9.17) is 9.72 Å². The van der Waals surface area contributed by atoms with E-state index in [1.807, 2.05) is 37.9 Å². The molecule has 2 heterocycles. The zero-order valence-electron chi connectivity index (χ0n) is 18.1. The van der Waals surface area contributed by atoms with E-state index < -0.39 is 5.60 Å². The first-order valence-electron chi connectivity index (χ1n) is 11.1. The number of anilines is 1. The van der Waals surface area contributed by atoms with Crippen LogP contribution in [0.4, 0.5) is 10.6 Å². The molecule has 0 N–H and O–H groups in total. The number of aromatic nitrogens is 1. The van der Waals surface area contributed by atoms with Crippen molar-refractivity contribution in [1.29, 1.82) is 0 Å². The lowest BCUT2D eigenvalue weighted by molar-refractivity contribution is 0.0555. The van der Waals surface area contributed by atoms with Crippen LogP contribution >= 0.6 is 0 Å². The highest BCUT2D eigenvalue weighted by atomic mass is 16.6. The van der Waals surface area contributed by atoms with Crippen LogP contribution in [-0.4, -0.2) is 40.7 Å². The quantitative estimate of drug-likeness (QED) is 0.650. The summed E-state index contributed by atoms with van der Waals surface area (Å²) in [5.41, 5.74) is 0.672. The van der Waals surface area contributed by atoms with Crippen LogP contribution in [0.1, 0.15) is 90.7 Å². The number of rotatable bonds is 5. The van der Waals surface area contributed by atoms with E-state index in [-0.39, 0.29) is 12.1 Å². The molecule has 1 saturated heterocycles. The van der Waals surface area contributed by atoms with Crippen LogP contribution in [0.5, 0.6) is 0 Å². The topological polar surface area (TPSA) is 45.7 Å². The number of likely N-dealkylation sites (tertiary alicyclic amines) is 1. The lowest BCUT2D eigenvalue weighted by atomic mass is 9.93. The van der Waals surface area contributed by atoms with Crippen molar-refractivity contribution < 1.29 is 9.53 Å². The van der Waals surface area contributed by atoms with Crippen molar-refractivity contribution in [2.75, 3.05) is 18.0 Å². The number of hydrogen-bond acceptors (Lipinski definition) is 4. The standard InChI is InChI=1S/C23H37N3O2/c1-5-16-25-17-10-14-20(25)19-13-9-15-24-21(19)26(18-11-7-6-8-12-18)22(27)28-23(2,3)4/h9,13,15,18,20H,5-8,10-12,14,16-17H2,1-4H3/t20-/m1/s1. The van der Waals surface area contributed by atoms with Crippen molar-refractivity contribution in [3.63, 3.8) is 0 Å². The van der Waals surface area contributed by atoms with Gasteiger partial charge in [0.2, 0.25) is 0 Å². The molecule has 1 aliphatic carbocycles. The monoisotopic (exact) mass is 387 g/mol. The zero-order valence-corrected chi connectivity index (χ0v) is 18.1. The van der Waals surface area contributed by atoms with Crippen LogP contribution in [0.2, 0.25) is 0 Å². The average molecular weight is 388 g/mol. The van der Waals surface area contributed by atoms with Crippen molar-refractivity contribution in [3.8, 4) is 0 Å². The second-order valence-electron chi connectivity index (χ2n) is 9.25. The first-order chi connectivity index (χ1) is 13.4. The predicted molar refractivity (Wildman–Crippen MR) is 114 cm³/mol. The zero-order chi connectivity index (χ0) is 20.1. The Bertz CT molecular complexity index is 649. The van der Waals surface area contributed by atoms with E-state index in [9.17, 15) is 4.79 Å². The van der Waals surface area contributed by atoms with Crippen LogP contribution in [-0.2, 0) is 4.74 Å². The summed E-state index contributed by atoms with van der Waals surface area (Å²) >= 11 is 0. The van der Waals surface area contributed by atoms with Crippen molar-refractivity contribution >= 4 is 11.9 Å². The molecule has 0 aromatic carbocycles. The summed E-state index contributed by atoms with van der Waals surface area (Å²) in [4.78, 5) is 22.5. The molecule has 0 spiro atoms. The molecule has 3 rings (SSSR count). The minimum absolute atomic E-state index is 0.179. The maximum absolute atomic E-state index is 13.3. The van der Waals surface area contributed by atoms with Gasteiger partial charge in [0.15, 0.2) is 0 Å². The number of carbonyl (C=O) groups is 1. The molecule has 1 aliphatic heterocycles. The normalized spacial score (nSPS) is 21.6. The maximum atomic E-state index is 13.3. The average Bonchev–Trinajstić information content (AvgIpc) is 3.10. The van der Waals surface area contributed by atoms with Gasteiger partial charge in [-0.25, -0.2) is 9.78 Å². The molecule has 2 aliphatic rings. The van der Waals surface area contributed by atoms with Crippen molar-refractivity contribution in [2.45, 2.75) is 96.7 Å². The molecule has 5 nitrogen and oxygen atoms in total. The Hall–Kier alpha value is -1.62. The van der Waals surface area contributed by atoms with Gasteiger partial charge in [0.1, 0.15) is 11.4 Å². The highest BCUT2D eigenvalue weighted by Gasteiger charge is 2.36. The van der Waals surface area contributed by atoms with E-state index in [1.165, 1.54) is 18.4 Å². The van der Waals surface area contributed by atoms with Gasteiger partial charge >= 0.3 is 6.09 Å². The van der Waals surface area contributed by atoms with Crippen LogP contribution in [0.3, 0.4) is 0 Å². The highest BCUT2D eigenvalue weighted by molar-refractivity contribution is 5.88. The molecular formula is C23H37N3O2. The van der Waals surface area contributed by atoms with Gasteiger partial charge in [0.25, 0.3) is 0 Å². The lowest BCUT2D eigenvalue weighted by Crippen LogP contribution is -2.45. The van der Waals surface area contributed by atoms with Gasteiger partial charge in [-0.1, -0.05) is 32.3 Å². The largest absolute Gasteiger partial charge is 0.443 e. The van der Waals surface area contributed by atoms with Crippen molar-refractivity contribution in [1.82, 2.24) is 9.88 Å². The Labute approximate surface area is 170 Å². The molecule has 0 radical (unpaired) electrons. The minimum Gasteiger partial charge on any atom is -0.443 e. The number of nitrogens with zero attached hydrogens (tertiary/aromatic N) is 3. The number of hydrogen-bond donors (Lipinski definition) is 0. The molecule has 156 valence electrons. The third kappa shape index (κ3) is 5.05. The molecule has 1 saturated carbocycles. The molecule has 2 fully saturated rings. The summed E-state index contributed by atoms with van der Waals surface area (Å²) in [7, 11) is 0. The summed E-state index contributed by atoms with van der Waals surface area (Å²) in [6, 6.07) is 4.70. The number of amides is 1. The molecule has 1 aromatic heterocycles. The van der Waals surface area contributed by atoms with E-state index in [1.54, 1.807) is 0 Å². The maximum Gasteiger partial charge on any atom is 0.416 e. The number of pyridine rings is 1. The molecule has 1 atom stereocenters. The Balaban J connectivity index is 1.96. The van der Waals surface area contributed by atoms with Crippen molar-refractivity contribution in [3.05, 3.63) is 23.9 Å².